The summed E-state index contributed by atoms with van der Waals surface area (Å²) in [5, 5.41) is 7.11. The number of benzene rings is 2. The van der Waals surface area contributed by atoms with E-state index < -0.39 is 0 Å². The van der Waals surface area contributed by atoms with Crippen molar-refractivity contribution in [3.8, 4) is 11.4 Å². The second kappa shape index (κ2) is 7.46. The van der Waals surface area contributed by atoms with Crippen molar-refractivity contribution < 1.29 is 9.32 Å². The number of urea groups is 1. The van der Waals surface area contributed by atoms with E-state index in [2.05, 4.69) is 22.4 Å². The lowest BCUT2D eigenvalue weighted by Gasteiger charge is -2.22. The highest BCUT2D eigenvalue weighted by molar-refractivity contribution is 5.89. The van der Waals surface area contributed by atoms with E-state index in [0.29, 0.717) is 18.3 Å². The first-order valence-corrected chi connectivity index (χ1v) is 9.57. The Morgan fingerprint density at radius 3 is 2.64 bits per heavy atom. The average Bonchev–Trinajstić information content (AvgIpc) is 3.34. The van der Waals surface area contributed by atoms with Gasteiger partial charge in [0.2, 0.25) is 11.7 Å². The molecular formula is C22H24N4O2. The lowest BCUT2D eigenvalue weighted by molar-refractivity contribution is 0.193. The standard InChI is InChI=1S/C22H24N4O2/c1-14-6-9-17(10-7-14)20-24-21(28-25-20)19-5-4-12-26(19)22(27)23-18-11-8-15(2)16(3)13-18/h6-11,13,19H,4-5,12H2,1-3H3,(H,23,27)/t19-/m1/s1. The molecule has 0 saturated carbocycles. The molecule has 144 valence electrons. The van der Waals surface area contributed by atoms with Gasteiger partial charge in [0.15, 0.2) is 0 Å². The summed E-state index contributed by atoms with van der Waals surface area (Å²) in [5.41, 5.74) is 5.23. The van der Waals surface area contributed by atoms with Crippen LogP contribution in [-0.2, 0) is 0 Å². The van der Waals surface area contributed by atoms with Crippen molar-refractivity contribution >= 4 is 11.7 Å². The summed E-state index contributed by atoms with van der Waals surface area (Å²) in [5.74, 6) is 1.04. The van der Waals surface area contributed by atoms with E-state index in [9.17, 15) is 4.79 Å². The third kappa shape index (κ3) is 3.63. The number of hydrogen-bond acceptors (Lipinski definition) is 4. The van der Waals surface area contributed by atoms with Crippen LogP contribution in [0, 0.1) is 20.8 Å². The first-order valence-electron chi connectivity index (χ1n) is 9.57. The van der Waals surface area contributed by atoms with Crippen LogP contribution in [0.3, 0.4) is 0 Å². The zero-order chi connectivity index (χ0) is 19.7. The summed E-state index contributed by atoms with van der Waals surface area (Å²) < 4.78 is 5.52. The van der Waals surface area contributed by atoms with Gasteiger partial charge < -0.3 is 14.7 Å². The minimum atomic E-state index is -0.196. The zero-order valence-electron chi connectivity index (χ0n) is 16.4. The Bertz CT molecular complexity index is 994. The summed E-state index contributed by atoms with van der Waals surface area (Å²) in [6.07, 6.45) is 1.73. The van der Waals surface area contributed by atoms with Crippen LogP contribution >= 0.6 is 0 Å². The number of nitrogens with zero attached hydrogens (tertiary/aromatic N) is 3. The molecule has 2 aromatic carbocycles. The highest BCUT2D eigenvalue weighted by Gasteiger charge is 2.34. The smallest absolute Gasteiger partial charge is 0.322 e. The highest BCUT2D eigenvalue weighted by atomic mass is 16.5. The molecule has 1 N–H and O–H groups in total. The molecule has 0 unspecified atom stereocenters. The molecule has 1 aliphatic heterocycles. The highest BCUT2D eigenvalue weighted by Crippen LogP contribution is 2.32. The number of carbonyl (C=O) groups is 1. The third-order valence-corrected chi connectivity index (χ3v) is 5.31. The second-order valence-electron chi connectivity index (χ2n) is 7.40. The molecule has 0 radical (unpaired) electrons. The Balaban J connectivity index is 1.51. The Hall–Kier alpha value is -3.15. The fourth-order valence-corrected chi connectivity index (χ4v) is 3.47. The number of amides is 2. The van der Waals surface area contributed by atoms with Crippen LogP contribution in [0.5, 0.6) is 0 Å². The number of anilines is 1. The van der Waals surface area contributed by atoms with E-state index in [0.717, 1.165) is 29.7 Å². The first-order chi connectivity index (χ1) is 13.5. The predicted molar refractivity (Wildman–Crippen MR) is 108 cm³/mol. The monoisotopic (exact) mass is 376 g/mol. The largest absolute Gasteiger partial charge is 0.337 e. The van der Waals surface area contributed by atoms with Crippen LogP contribution in [0.2, 0.25) is 0 Å². The molecule has 1 aromatic heterocycles. The lowest BCUT2D eigenvalue weighted by atomic mass is 10.1. The molecule has 1 saturated heterocycles. The first kappa shape index (κ1) is 18.2. The van der Waals surface area contributed by atoms with Crippen molar-refractivity contribution in [1.82, 2.24) is 15.0 Å². The Labute approximate surface area is 164 Å². The molecule has 0 spiro atoms. The van der Waals surface area contributed by atoms with Crippen LogP contribution in [0.25, 0.3) is 11.4 Å². The van der Waals surface area contributed by atoms with Crippen molar-refractivity contribution in [3.63, 3.8) is 0 Å². The molecule has 3 aromatic rings. The maximum absolute atomic E-state index is 12.8. The summed E-state index contributed by atoms with van der Waals surface area (Å²) in [7, 11) is 0. The fourth-order valence-electron chi connectivity index (χ4n) is 3.47. The number of nitrogens with one attached hydrogen (secondary N) is 1. The van der Waals surface area contributed by atoms with Gasteiger partial charge in [0.05, 0.1) is 0 Å². The summed E-state index contributed by atoms with van der Waals surface area (Å²) in [6.45, 7) is 6.80. The molecule has 28 heavy (non-hydrogen) atoms. The maximum atomic E-state index is 12.8. The van der Waals surface area contributed by atoms with Crippen LogP contribution in [0.1, 0.15) is 41.5 Å². The van der Waals surface area contributed by atoms with E-state index in [1.54, 1.807) is 4.90 Å². The van der Waals surface area contributed by atoms with Gasteiger partial charge in [0.25, 0.3) is 0 Å². The lowest BCUT2D eigenvalue weighted by Crippen LogP contribution is -2.34. The molecular weight excluding hydrogens is 352 g/mol. The van der Waals surface area contributed by atoms with Gasteiger partial charge in [-0.1, -0.05) is 41.1 Å². The molecule has 6 heteroatoms. The van der Waals surface area contributed by atoms with Crippen molar-refractivity contribution in [2.45, 2.75) is 39.7 Å². The van der Waals surface area contributed by atoms with E-state index in [4.69, 9.17) is 4.52 Å². The molecule has 4 rings (SSSR count). The van der Waals surface area contributed by atoms with Crippen LogP contribution in [-0.4, -0.2) is 27.6 Å². The Morgan fingerprint density at radius 1 is 1.11 bits per heavy atom. The van der Waals surface area contributed by atoms with E-state index in [1.807, 2.05) is 56.3 Å². The molecule has 1 atom stereocenters. The number of aryl methyl sites for hydroxylation is 3. The molecule has 2 heterocycles. The molecule has 0 bridgehead atoms. The molecule has 1 aliphatic rings. The van der Waals surface area contributed by atoms with Gasteiger partial charge in [-0.3, -0.25) is 0 Å². The zero-order valence-corrected chi connectivity index (χ0v) is 16.4. The summed E-state index contributed by atoms with van der Waals surface area (Å²) >= 11 is 0. The molecule has 6 nitrogen and oxygen atoms in total. The number of likely N-dealkylation sites (tertiary alicyclic amines) is 1. The SMILES string of the molecule is Cc1ccc(-c2noc([C@H]3CCCN3C(=O)Nc3ccc(C)c(C)c3)n2)cc1. The second-order valence-corrected chi connectivity index (χ2v) is 7.40. The summed E-state index contributed by atoms with van der Waals surface area (Å²) in [6, 6.07) is 13.6. The van der Waals surface area contributed by atoms with Crippen LogP contribution in [0.4, 0.5) is 10.5 Å². The molecule has 1 fully saturated rings. The average molecular weight is 376 g/mol. The van der Waals surface area contributed by atoms with Crippen molar-refractivity contribution in [2.75, 3.05) is 11.9 Å². The van der Waals surface area contributed by atoms with Crippen molar-refractivity contribution in [1.29, 1.82) is 0 Å². The van der Waals surface area contributed by atoms with Gasteiger partial charge in [-0.15, -0.1) is 0 Å². The van der Waals surface area contributed by atoms with Crippen molar-refractivity contribution in [2.24, 2.45) is 0 Å². The van der Waals surface area contributed by atoms with Gasteiger partial charge >= 0.3 is 6.03 Å². The fraction of sp³-hybridized carbons (Fsp3) is 0.318. The number of hydrogen-bond donors (Lipinski definition) is 1. The number of aromatic nitrogens is 2. The van der Waals surface area contributed by atoms with Gasteiger partial charge in [-0.05, 0) is 56.9 Å². The van der Waals surface area contributed by atoms with E-state index in [1.165, 1.54) is 11.1 Å². The van der Waals surface area contributed by atoms with E-state index in [-0.39, 0.29) is 12.1 Å². The van der Waals surface area contributed by atoms with Crippen LogP contribution < -0.4 is 5.32 Å². The van der Waals surface area contributed by atoms with Gasteiger partial charge in [0.1, 0.15) is 6.04 Å². The predicted octanol–water partition coefficient (Wildman–Crippen LogP) is 5.03. The Morgan fingerprint density at radius 2 is 1.89 bits per heavy atom. The normalized spacial score (nSPS) is 16.4. The minimum Gasteiger partial charge on any atom is -0.337 e. The van der Waals surface area contributed by atoms with Gasteiger partial charge in [-0.2, -0.15) is 4.98 Å². The maximum Gasteiger partial charge on any atom is 0.322 e. The van der Waals surface area contributed by atoms with Crippen LogP contribution in [0.15, 0.2) is 47.0 Å². The molecule has 2 amide bonds. The van der Waals surface area contributed by atoms with E-state index >= 15 is 0 Å². The van der Waals surface area contributed by atoms with Gasteiger partial charge in [-0.25, -0.2) is 4.79 Å². The number of carbonyl (C=O) groups excluding carboxylic acids is 1. The summed E-state index contributed by atoms with van der Waals surface area (Å²) in [4.78, 5) is 19.2. The minimum absolute atomic E-state index is 0.138. The molecule has 0 aliphatic carbocycles. The number of rotatable bonds is 3. The topological polar surface area (TPSA) is 71.3 Å². The quantitative estimate of drug-likeness (QED) is 0.696. The third-order valence-electron chi connectivity index (χ3n) is 5.31. The Kier molecular flexibility index (Phi) is 4.86. The van der Waals surface area contributed by atoms with Crippen molar-refractivity contribution in [3.05, 3.63) is 65.0 Å². The van der Waals surface area contributed by atoms with Gasteiger partial charge in [0, 0.05) is 17.8 Å².